The van der Waals surface area contributed by atoms with Crippen molar-refractivity contribution in [1.29, 1.82) is 0 Å². The Labute approximate surface area is 231 Å². The number of rotatable bonds is 5. The maximum Gasteiger partial charge on any atom is 0.435 e. The molecule has 4 nitrogen and oxygen atoms in total. The Morgan fingerprint density at radius 3 is 1.80 bits per heavy atom. The summed E-state index contributed by atoms with van der Waals surface area (Å²) in [5.41, 5.74) is -8.51. The first-order chi connectivity index (χ1) is 18.6. The topological polar surface area (TPSA) is 63.4 Å². The van der Waals surface area contributed by atoms with E-state index in [1.807, 2.05) is 0 Å². The molecule has 16 heteroatoms. The van der Waals surface area contributed by atoms with Crippen LogP contribution in [0.3, 0.4) is 0 Å². The normalized spacial score (nSPS) is 12.8. The Bertz CT molecular complexity index is 1500. The highest BCUT2D eigenvalue weighted by molar-refractivity contribution is 9.10. The molecule has 3 aromatic rings. The zero-order chi connectivity index (χ0) is 31.3. The van der Waals surface area contributed by atoms with E-state index in [-0.39, 0.29) is 27.7 Å². The van der Waals surface area contributed by atoms with E-state index >= 15 is 4.39 Å². The summed E-state index contributed by atoms with van der Waals surface area (Å²) in [6.07, 6.45) is -19.2. The second kappa shape index (κ2) is 10.6. The van der Waals surface area contributed by atoms with Crippen molar-refractivity contribution >= 4 is 33.4 Å². The lowest BCUT2D eigenvalue weighted by Crippen LogP contribution is -2.50. The quantitative estimate of drug-likeness (QED) is 0.282. The molecule has 0 heterocycles. The molecule has 0 fully saturated rings. The molecule has 220 valence electrons. The van der Waals surface area contributed by atoms with Gasteiger partial charge in [-0.1, -0.05) is 30.3 Å². The summed E-state index contributed by atoms with van der Waals surface area (Å²) in [4.78, 5) is 25.0. The van der Waals surface area contributed by atoms with Gasteiger partial charge in [0.25, 0.3) is 5.91 Å². The maximum absolute atomic E-state index is 15.5. The van der Waals surface area contributed by atoms with Gasteiger partial charge in [-0.3, -0.25) is 9.59 Å². The number of anilines is 1. The number of primary amides is 1. The largest absolute Gasteiger partial charge is 0.435 e. The Kier molecular flexibility index (Phi) is 8.24. The molecule has 0 bridgehead atoms. The summed E-state index contributed by atoms with van der Waals surface area (Å²) in [6.45, 7) is 0. The Balaban J connectivity index is 2.23. The number of alkyl halides is 10. The molecule has 0 saturated heterocycles. The van der Waals surface area contributed by atoms with Gasteiger partial charge in [-0.05, 0) is 45.8 Å². The van der Waals surface area contributed by atoms with E-state index < -0.39 is 74.7 Å². The van der Waals surface area contributed by atoms with Crippen LogP contribution in [-0.4, -0.2) is 31.2 Å². The maximum atomic E-state index is 15.5. The molecule has 2 amide bonds. The van der Waals surface area contributed by atoms with Crippen molar-refractivity contribution in [3.63, 3.8) is 0 Å². The van der Waals surface area contributed by atoms with E-state index in [4.69, 9.17) is 5.73 Å². The van der Waals surface area contributed by atoms with Crippen LogP contribution < -0.4 is 10.6 Å². The standard InChI is InChI=1S/C25H14BrF11N2O2/c1-39(21(41)15-8-4-7-13(18(15)27)12-5-2-3-6-14(12)20(38)40)19-16(23(29,30)31)9-11(10-17(19)26)22(28,24(32,33)34)25(35,36)37/h2-10H,1H3,(H2,38,40). The highest BCUT2D eigenvalue weighted by Gasteiger charge is 2.73. The van der Waals surface area contributed by atoms with Crippen molar-refractivity contribution in [1.82, 2.24) is 0 Å². The van der Waals surface area contributed by atoms with Crippen LogP contribution >= 0.6 is 15.9 Å². The smallest absolute Gasteiger partial charge is 0.366 e. The SMILES string of the molecule is CN(C(=O)c1cccc(-c2ccccc2C(N)=O)c1F)c1c(Br)cc(C(F)(C(F)(F)F)C(F)(F)F)cc1C(F)(F)F. The molecule has 0 aliphatic rings. The number of hydrogen-bond acceptors (Lipinski definition) is 2. The summed E-state index contributed by atoms with van der Waals surface area (Å²) in [6, 6.07) is 7.42. The lowest BCUT2D eigenvalue weighted by molar-refractivity contribution is -0.348. The number of carbonyl (C=O) groups excluding carboxylic acids is 2. The third-order valence-corrected chi connectivity index (χ3v) is 6.50. The Morgan fingerprint density at radius 2 is 1.29 bits per heavy atom. The molecule has 0 atom stereocenters. The average Bonchev–Trinajstić information content (AvgIpc) is 2.85. The van der Waals surface area contributed by atoms with Crippen LogP contribution in [-0.2, 0) is 11.8 Å². The fraction of sp³-hybridized carbons (Fsp3) is 0.200. The number of amides is 2. The molecular weight excluding hydrogens is 649 g/mol. The number of benzene rings is 3. The molecule has 0 unspecified atom stereocenters. The van der Waals surface area contributed by atoms with Crippen LogP contribution in [0.15, 0.2) is 59.1 Å². The van der Waals surface area contributed by atoms with Gasteiger partial charge in [0, 0.05) is 28.2 Å². The van der Waals surface area contributed by atoms with Gasteiger partial charge in [0.05, 0.1) is 16.8 Å². The van der Waals surface area contributed by atoms with Crippen LogP contribution in [0.4, 0.5) is 54.0 Å². The molecular formula is C25H14BrF11N2O2. The molecule has 0 radical (unpaired) electrons. The lowest BCUT2D eigenvalue weighted by atomic mass is 9.91. The summed E-state index contributed by atoms with van der Waals surface area (Å²) in [5, 5.41) is 0. The van der Waals surface area contributed by atoms with Crippen LogP contribution in [0.2, 0.25) is 0 Å². The van der Waals surface area contributed by atoms with Gasteiger partial charge >= 0.3 is 24.2 Å². The van der Waals surface area contributed by atoms with Crippen molar-refractivity contribution in [3.8, 4) is 11.1 Å². The van der Waals surface area contributed by atoms with E-state index in [0.29, 0.717) is 7.05 Å². The van der Waals surface area contributed by atoms with Crippen molar-refractivity contribution in [2.75, 3.05) is 11.9 Å². The van der Waals surface area contributed by atoms with Gasteiger partial charge in [-0.2, -0.15) is 39.5 Å². The van der Waals surface area contributed by atoms with Crippen LogP contribution in [0.25, 0.3) is 11.1 Å². The highest BCUT2D eigenvalue weighted by atomic mass is 79.9. The number of nitrogens with two attached hydrogens (primary N) is 1. The highest BCUT2D eigenvalue weighted by Crippen LogP contribution is 2.55. The van der Waals surface area contributed by atoms with E-state index in [1.54, 1.807) is 0 Å². The van der Waals surface area contributed by atoms with E-state index in [0.717, 1.165) is 18.2 Å². The van der Waals surface area contributed by atoms with Gasteiger partial charge in [0.15, 0.2) is 0 Å². The monoisotopic (exact) mass is 662 g/mol. The van der Waals surface area contributed by atoms with Crippen LogP contribution in [0, 0.1) is 5.82 Å². The Morgan fingerprint density at radius 1 is 0.780 bits per heavy atom. The van der Waals surface area contributed by atoms with Crippen molar-refractivity contribution in [2.24, 2.45) is 5.73 Å². The molecule has 41 heavy (non-hydrogen) atoms. The van der Waals surface area contributed by atoms with Gasteiger partial charge in [0.2, 0.25) is 5.91 Å². The lowest BCUT2D eigenvalue weighted by Gasteiger charge is -2.32. The third kappa shape index (κ3) is 5.61. The first kappa shape index (κ1) is 31.8. The predicted octanol–water partition coefficient (Wildman–Crippen LogP) is 7.94. The minimum atomic E-state index is -6.72. The first-order valence-corrected chi connectivity index (χ1v) is 11.6. The second-order valence-electron chi connectivity index (χ2n) is 8.45. The fourth-order valence-corrected chi connectivity index (χ4v) is 4.69. The van der Waals surface area contributed by atoms with E-state index in [9.17, 15) is 53.5 Å². The summed E-state index contributed by atoms with van der Waals surface area (Å²) >= 11 is 2.41. The summed E-state index contributed by atoms with van der Waals surface area (Å²) < 4.78 is 150. The number of hydrogen-bond donors (Lipinski definition) is 1. The molecule has 0 aliphatic heterocycles. The van der Waals surface area contributed by atoms with E-state index in [1.165, 1.54) is 24.3 Å². The number of carbonyl (C=O) groups is 2. The summed E-state index contributed by atoms with van der Waals surface area (Å²) in [7, 11) is 0.636. The number of halogens is 12. The van der Waals surface area contributed by atoms with Gasteiger partial charge in [-0.25, -0.2) is 8.78 Å². The van der Waals surface area contributed by atoms with Crippen molar-refractivity contribution in [2.45, 2.75) is 24.2 Å². The number of nitrogens with zero attached hydrogens (tertiary/aromatic N) is 1. The van der Waals surface area contributed by atoms with E-state index in [2.05, 4.69) is 15.9 Å². The average molecular weight is 663 g/mol. The zero-order valence-corrected chi connectivity index (χ0v) is 21.7. The van der Waals surface area contributed by atoms with Gasteiger partial charge in [0.1, 0.15) is 5.82 Å². The summed E-state index contributed by atoms with van der Waals surface area (Å²) in [5.74, 6) is -3.84. The molecule has 3 rings (SSSR count). The molecule has 0 aliphatic carbocycles. The first-order valence-electron chi connectivity index (χ1n) is 10.8. The third-order valence-electron chi connectivity index (χ3n) is 5.90. The molecule has 0 aromatic heterocycles. The predicted molar refractivity (Wildman–Crippen MR) is 127 cm³/mol. The minimum absolute atomic E-state index is 0.0881. The van der Waals surface area contributed by atoms with Crippen LogP contribution in [0.1, 0.15) is 31.8 Å². The van der Waals surface area contributed by atoms with Crippen molar-refractivity contribution < 1.29 is 57.9 Å². The molecule has 0 spiro atoms. The minimum Gasteiger partial charge on any atom is -0.366 e. The van der Waals surface area contributed by atoms with Crippen LogP contribution in [0.5, 0.6) is 0 Å². The second-order valence-corrected chi connectivity index (χ2v) is 9.30. The Hall–Kier alpha value is -3.69. The fourth-order valence-electron chi connectivity index (χ4n) is 3.96. The molecule has 2 N–H and O–H groups in total. The molecule has 3 aromatic carbocycles. The van der Waals surface area contributed by atoms with Gasteiger partial charge < -0.3 is 10.6 Å². The van der Waals surface area contributed by atoms with Gasteiger partial charge in [-0.15, -0.1) is 0 Å². The zero-order valence-electron chi connectivity index (χ0n) is 20.1. The van der Waals surface area contributed by atoms with Crippen molar-refractivity contribution in [3.05, 3.63) is 87.1 Å². The molecule has 0 saturated carbocycles.